The summed E-state index contributed by atoms with van der Waals surface area (Å²) in [6.07, 6.45) is 7.86. The summed E-state index contributed by atoms with van der Waals surface area (Å²) in [7, 11) is 2.30. The molecule has 0 aromatic heterocycles. The molecule has 0 radical (unpaired) electrons. The van der Waals surface area contributed by atoms with E-state index in [9.17, 15) is 4.79 Å². The minimum absolute atomic E-state index is 0.119. The summed E-state index contributed by atoms with van der Waals surface area (Å²) in [5.74, 6) is 0.595. The van der Waals surface area contributed by atoms with Crippen LogP contribution in [0.3, 0.4) is 0 Å². The molecule has 0 unspecified atom stereocenters. The number of carbonyl (C=O) groups excluding carboxylic acids is 1. The lowest BCUT2D eigenvalue weighted by atomic mass is 9.70. The van der Waals surface area contributed by atoms with E-state index in [4.69, 9.17) is 9.47 Å². The zero-order chi connectivity index (χ0) is 18.3. The highest BCUT2D eigenvalue weighted by molar-refractivity contribution is 5.66. The van der Waals surface area contributed by atoms with Crippen molar-refractivity contribution in [1.82, 2.24) is 0 Å². The van der Waals surface area contributed by atoms with Crippen LogP contribution in [0.4, 0.5) is 0 Å². The average molecular weight is 353 g/mol. The molecule has 0 N–H and O–H groups in total. The molecule has 0 spiro atoms. The van der Waals surface area contributed by atoms with Gasteiger partial charge in [-0.2, -0.15) is 0 Å². The second-order valence-corrected chi connectivity index (χ2v) is 9.97. The van der Waals surface area contributed by atoms with Gasteiger partial charge in [0.15, 0.2) is 6.10 Å². The lowest BCUT2D eigenvalue weighted by molar-refractivity contribution is -0.916. The number of fused-ring (bicyclic) bond motifs is 2. The van der Waals surface area contributed by atoms with Crippen molar-refractivity contribution in [2.45, 2.75) is 78.4 Å². The Balaban J connectivity index is 1.61. The van der Waals surface area contributed by atoms with E-state index in [1.807, 2.05) is 0 Å². The number of hydrogen-bond donors (Lipinski definition) is 0. The maximum Gasteiger partial charge on any atom is 0.303 e. The number of hydrogen-bond acceptors (Lipinski definition) is 3. The molecule has 1 heterocycles. The summed E-state index contributed by atoms with van der Waals surface area (Å²) in [5.41, 5.74) is 0.627. The third kappa shape index (κ3) is 3.62. The Morgan fingerprint density at radius 1 is 1.20 bits per heavy atom. The maximum absolute atomic E-state index is 11.6. The molecule has 0 amide bonds. The molecular weight excluding hydrogens is 314 g/mol. The van der Waals surface area contributed by atoms with Crippen LogP contribution in [-0.4, -0.2) is 55.9 Å². The van der Waals surface area contributed by atoms with Gasteiger partial charge in [-0.3, -0.25) is 4.79 Å². The van der Waals surface area contributed by atoms with Crippen LogP contribution in [0.15, 0.2) is 0 Å². The van der Waals surface area contributed by atoms with Crippen molar-refractivity contribution in [3.8, 4) is 0 Å². The van der Waals surface area contributed by atoms with Crippen LogP contribution in [-0.2, 0) is 14.3 Å². The Hall–Kier alpha value is -0.610. The summed E-state index contributed by atoms with van der Waals surface area (Å²) in [6.45, 7) is 12.6. The molecule has 3 rings (SSSR count). The van der Waals surface area contributed by atoms with E-state index in [1.165, 1.54) is 58.5 Å². The van der Waals surface area contributed by atoms with Gasteiger partial charge in [0.2, 0.25) is 0 Å². The van der Waals surface area contributed by atoms with E-state index in [0.717, 1.165) is 16.9 Å². The quantitative estimate of drug-likeness (QED) is 0.539. The Kier molecular flexibility index (Phi) is 5.25. The second-order valence-electron chi connectivity index (χ2n) is 9.97. The topological polar surface area (TPSA) is 35.5 Å². The SMILES string of the molecule is CC(=O)O[C@@H](CO[C@@H]1C[C@H]2CC[C@@]1(C)C2(C)C)C[N+]1(C)CCCCC1. The van der Waals surface area contributed by atoms with Gasteiger partial charge in [0.25, 0.3) is 0 Å². The third-order valence-corrected chi connectivity index (χ3v) is 8.07. The maximum atomic E-state index is 11.6. The molecule has 25 heavy (non-hydrogen) atoms. The van der Waals surface area contributed by atoms with Crippen molar-refractivity contribution in [1.29, 1.82) is 0 Å². The second kappa shape index (κ2) is 6.84. The summed E-state index contributed by atoms with van der Waals surface area (Å²) in [4.78, 5) is 11.6. The number of nitrogens with zero attached hydrogens (tertiary/aromatic N) is 1. The van der Waals surface area contributed by atoms with Crippen LogP contribution < -0.4 is 0 Å². The Labute approximate surface area is 153 Å². The van der Waals surface area contributed by atoms with Crippen LogP contribution in [0, 0.1) is 16.7 Å². The normalized spacial score (nSPS) is 37.0. The van der Waals surface area contributed by atoms with Crippen molar-refractivity contribution in [3.63, 3.8) is 0 Å². The molecule has 4 nitrogen and oxygen atoms in total. The molecule has 2 saturated carbocycles. The largest absolute Gasteiger partial charge is 0.454 e. The fourth-order valence-corrected chi connectivity index (χ4v) is 5.91. The molecule has 2 bridgehead atoms. The number of esters is 1. The number of piperidine rings is 1. The molecule has 3 aliphatic rings. The third-order valence-electron chi connectivity index (χ3n) is 8.07. The lowest BCUT2D eigenvalue weighted by Gasteiger charge is -2.41. The van der Waals surface area contributed by atoms with Gasteiger partial charge in [-0.15, -0.1) is 0 Å². The first-order valence-electron chi connectivity index (χ1n) is 10.3. The molecule has 1 saturated heterocycles. The highest BCUT2D eigenvalue weighted by atomic mass is 16.6. The highest BCUT2D eigenvalue weighted by Gasteiger charge is 2.62. The Bertz CT molecular complexity index is 497. The van der Waals surface area contributed by atoms with Crippen molar-refractivity contribution in [2.75, 3.05) is 33.3 Å². The Morgan fingerprint density at radius 3 is 2.40 bits per heavy atom. The molecule has 2 aliphatic carbocycles. The number of likely N-dealkylation sites (tertiary alicyclic amines) is 1. The van der Waals surface area contributed by atoms with Crippen molar-refractivity contribution < 1.29 is 18.8 Å². The first-order chi connectivity index (χ1) is 11.7. The van der Waals surface area contributed by atoms with E-state index in [1.54, 1.807) is 0 Å². The monoisotopic (exact) mass is 352 g/mol. The molecule has 4 heteroatoms. The van der Waals surface area contributed by atoms with Gasteiger partial charge in [0, 0.05) is 6.92 Å². The van der Waals surface area contributed by atoms with Crippen LogP contribution in [0.1, 0.15) is 66.2 Å². The molecule has 0 aromatic rings. The fraction of sp³-hybridized carbons (Fsp3) is 0.952. The van der Waals surface area contributed by atoms with E-state index in [2.05, 4.69) is 27.8 Å². The number of carbonyl (C=O) groups is 1. The summed E-state index contributed by atoms with van der Waals surface area (Å²) in [6, 6.07) is 0. The van der Waals surface area contributed by atoms with Gasteiger partial charge >= 0.3 is 5.97 Å². The van der Waals surface area contributed by atoms with Gasteiger partial charge < -0.3 is 14.0 Å². The summed E-state index contributed by atoms with van der Waals surface area (Å²) in [5, 5.41) is 0. The van der Waals surface area contributed by atoms with Gasteiger partial charge in [0.1, 0.15) is 6.54 Å². The molecular formula is C21H38NO3+. The van der Waals surface area contributed by atoms with E-state index >= 15 is 0 Å². The molecule has 4 atom stereocenters. The van der Waals surface area contributed by atoms with Gasteiger partial charge in [-0.25, -0.2) is 0 Å². The number of quaternary nitrogens is 1. The fourth-order valence-electron chi connectivity index (χ4n) is 5.91. The predicted octanol–water partition coefficient (Wildman–Crippen LogP) is 3.78. The zero-order valence-corrected chi connectivity index (χ0v) is 17.0. The molecule has 1 aliphatic heterocycles. The average Bonchev–Trinajstić information content (AvgIpc) is 2.85. The van der Waals surface area contributed by atoms with E-state index < -0.39 is 0 Å². The van der Waals surface area contributed by atoms with E-state index in [0.29, 0.717) is 18.1 Å². The highest BCUT2D eigenvalue weighted by Crippen LogP contribution is 2.66. The van der Waals surface area contributed by atoms with E-state index in [-0.39, 0.29) is 17.5 Å². The van der Waals surface area contributed by atoms with Crippen LogP contribution in [0.2, 0.25) is 0 Å². The molecule has 0 aromatic carbocycles. The van der Waals surface area contributed by atoms with Gasteiger partial charge in [-0.1, -0.05) is 20.8 Å². The minimum Gasteiger partial charge on any atom is -0.454 e. The zero-order valence-electron chi connectivity index (χ0n) is 17.0. The number of likely N-dealkylation sites (N-methyl/N-ethyl adjacent to an activating group) is 1. The lowest BCUT2D eigenvalue weighted by Crippen LogP contribution is -2.53. The predicted molar refractivity (Wildman–Crippen MR) is 99.2 cm³/mol. The smallest absolute Gasteiger partial charge is 0.303 e. The van der Waals surface area contributed by atoms with Crippen LogP contribution in [0.25, 0.3) is 0 Å². The minimum atomic E-state index is -0.184. The van der Waals surface area contributed by atoms with Crippen LogP contribution >= 0.6 is 0 Å². The first kappa shape index (κ1) is 19.2. The number of rotatable bonds is 6. The van der Waals surface area contributed by atoms with Crippen LogP contribution in [0.5, 0.6) is 0 Å². The van der Waals surface area contributed by atoms with Gasteiger partial charge in [-0.05, 0) is 55.3 Å². The first-order valence-corrected chi connectivity index (χ1v) is 10.3. The standard InChI is InChI=1S/C21H38NO3/c1-16(23)25-18(14-22(5)11-7-6-8-12-22)15-24-19-13-17-9-10-21(19,4)20(17,2)3/h17-19H,6-15H2,1-5H3/q+1/t17-,18-,19-,21-/m1/s1. The van der Waals surface area contributed by atoms with Gasteiger partial charge in [0.05, 0.1) is 32.8 Å². The van der Waals surface area contributed by atoms with Crippen molar-refractivity contribution in [2.24, 2.45) is 16.7 Å². The van der Waals surface area contributed by atoms with Crippen molar-refractivity contribution >= 4 is 5.97 Å². The Morgan fingerprint density at radius 2 is 1.88 bits per heavy atom. The van der Waals surface area contributed by atoms with Crippen molar-refractivity contribution in [3.05, 3.63) is 0 Å². The summed E-state index contributed by atoms with van der Waals surface area (Å²) >= 11 is 0. The molecule has 3 fully saturated rings. The molecule has 144 valence electrons. The number of ether oxygens (including phenoxy) is 2. The summed E-state index contributed by atoms with van der Waals surface area (Å²) < 4.78 is 13.1.